The first-order valence-electron chi connectivity index (χ1n) is 6.32. The van der Waals surface area contributed by atoms with Gasteiger partial charge in [0.25, 0.3) is 5.69 Å². The number of aliphatic hydroxyl groups excluding tert-OH is 1. The predicted molar refractivity (Wildman–Crippen MR) is 72.9 cm³/mol. The Balaban J connectivity index is 2.91. The van der Waals surface area contributed by atoms with E-state index in [1.165, 1.54) is 6.20 Å². The summed E-state index contributed by atoms with van der Waals surface area (Å²) in [5.41, 5.74) is 1.92. The molecule has 0 saturated heterocycles. The molecule has 1 aromatic rings. The lowest BCUT2D eigenvalue weighted by Crippen LogP contribution is -2.36. The molecule has 19 heavy (non-hydrogen) atoms. The van der Waals surface area contributed by atoms with Crippen molar-refractivity contribution in [1.82, 2.24) is 10.3 Å². The largest absolute Gasteiger partial charge is 0.395 e. The lowest BCUT2D eigenvalue weighted by molar-refractivity contribution is -0.386. The average Bonchev–Trinajstić information content (AvgIpc) is 2.31. The monoisotopic (exact) mass is 267 g/mol. The van der Waals surface area contributed by atoms with Crippen molar-refractivity contribution in [3.63, 3.8) is 0 Å². The summed E-state index contributed by atoms with van der Waals surface area (Å²) >= 11 is 0. The maximum Gasteiger partial charge on any atom is 0.278 e. The fourth-order valence-corrected chi connectivity index (χ4v) is 1.96. The van der Waals surface area contributed by atoms with Gasteiger partial charge in [0.15, 0.2) is 0 Å². The Morgan fingerprint density at radius 3 is 2.58 bits per heavy atom. The number of aliphatic hydroxyl groups is 1. The van der Waals surface area contributed by atoms with Gasteiger partial charge in [-0.3, -0.25) is 15.1 Å². The Morgan fingerprint density at radius 1 is 1.47 bits per heavy atom. The molecule has 0 aromatic carbocycles. The highest BCUT2D eigenvalue weighted by molar-refractivity contribution is 5.47. The number of rotatable bonds is 6. The Kier molecular flexibility index (Phi) is 5.38. The van der Waals surface area contributed by atoms with Crippen LogP contribution < -0.4 is 5.32 Å². The molecule has 1 rings (SSSR count). The summed E-state index contributed by atoms with van der Waals surface area (Å²) in [6.07, 6.45) is 1.52. The SMILES string of the molecule is Cc1cnc(CNC(CO)C(C)C)c(C)c1[N+](=O)[O-]. The highest BCUT2D eigenvalue weighted by Crippen LogP contribution is 2.24. The van der Waals surface area contributed by atoms with Crippen molar-refractivity contribution in [3.05, 3.63) is 33.1 Å². The van der Waals surface area contributed by atoms with Gasteiger partial charge in [-0.2, -0.15) is 0 Å². The van der Waals surface area contributed by atoms with Gasteiger partial charge < -0.3 is 10.4 Å². The minimum Gasteiger partial charge on any atom is -0.395 e. The lowest BCUT2D eigenvalue weighted by Gasteiger charge is -2.20. The summed E-state index contributed by atoms with van der Waals surface area (Å²) in [6, 6.07) is -0.0402. The van der Waals surface area contributed by atoms with Crippen molar-refractivity contribution in [2.45, 2.75) is 40.3 Å². The van der Waals surface area contributed by atoms with Crippen molar-refractivity contribution in [1.29, 1.82) is 0 Å². The van der Waals surface area contributed by atoms with E-state index >= 15 is 0 Å². The van der Waals surface area contributed by atoms with Crippen LogP contribution in [0, 0.1) is 29.9 Å². The molecule has 0 bridgehead atoms. The van der Waals surface area contributed by atoms with Crippen molar-refractivity contribution in [2.75, 3.05) is 6.61 Å². The van der Waals surface area contributed by atoms with Crippen LogP contribution in [0.1, 0.15) is 30.7 Å². The highest BCUT2D eigenvalue weighted by atomic mass is 16.6. The number of hydrogen-bond acceptors (Lipinski definition) is 5. The molecule has 1 heterocycles. The van der Waals surface area contributed by atoms with Crippen LogP contribution in [0.5, 0.6) is 0 Å². The Bertz CT molecular complexity index is 461. The first-order valence-corrected chi connectivity index (χ1v) is 6.32. The van der Waals surface area contributed by atoms with E-state index in [4.69, 9.17) is 0 Å². The van der Waals surface area contributed by atoms with Gasteiger partial charge >= 0.3 is 0 Å². The molecular weight excluding hydrogens is 246 g/mol. The standard InChI is InChI=1S/C13H21N3O3/c1-8(2)12(7-17)15-6-11-10(4)13(16(18)19)9(3)5-14-11/h5,8,12,15,17H,6-7H2,1-4H3. The van der Waals surface area contributed by atoms with Gasteiger partial charge in [-0.05, 0) is 19.8 Å². The van der Waals surface area contributed by atoms with Crippen molar-refractivity contribution in [2.24, 2.45) is 5.92 Å². The summed E-state index contributed by atoms with van der Waals surface area (Å²) in [7, 11) is 0. The zero-order chi connectivity index (χ0) is 14.6. The number of aromatic nitrogens is 1. The number of nitrogens with zero attached hydrogens (tertiary/aromatic N) is 2. The van der Waals surface area contributed by atoms with E-state index in [1.807, 2.05) is 13.8 Å². The van der Waals surface area contributed by atoms with Crippen molar-refractivity contribution in [3.8, 4) is 0 Å². The summed E-state index contributed by atoms with van der Waals surface area (Å²) < 4.78 is 0. The Morgan fingerprint density at radius 2 is 2.11 bits per heavy atom. The predicted octanol–water partition coefficient (Wildman–Crippen LogP) is 1.71. The molecule has 0 amide bonds. The maximum atomic E-state index is 11.0. The molecule has 1 aromatic heterocycles. The molecule has 0 fully saturated rings. The Labute approximate surface area is 113 Å². The molecule has 1 unspecified atom stereocenters. The van der Waals surface area contributed by atoms with Crippen LogP contribution in [0.2, 0.25) is 0 Å². The van der Waals surface area contributed by atoms with Gasteiger partial charge in [-0.15, -0.1) is 0 Å². The topological polar surface area (TPSA) is 88.3 Å². The Hall–Kier alpha value is -1.53. The second kappa shape index (κ2) is 6.58. The van der Waals surface area contributed by atoms with Crippen LogP contribution in [-0.2, 0) is 6.54 Å². The number of nitro groups is 1. The van der Waals surface area contributed by atoms with Crippen molar-refractivity contribution >= 4 is 5.69 Å². The van der Waals surface area contributed by atoms with Crippen LogP contribution in [0.4, 0.5) is 5.69 Å². The number of nitrogens with one attached hydrogen (secondary N) is 1. The van der Waals surface area contributed by atoms with Crippen molar-refractivity contribution < 1.29 is 10.0 Å². The second-order valence-corrected chi connectivity index (χ2v) is 5.03. The van der Waals surface area contributed by atoms with Crippen LogP contribution in [0.25, 0.3) is 0 Å². The van der Waals surface area contributed by atoms with E-state index in [0.717, 1.165) is 0 Å². The molecule has 6 nitrogen and oxygen atoms in total. The molecule has 2 N–H and O–H groups in total. The fourth-order valence-electron chi connectivity index (χ4n) is 1.96. The quantitative estimate of drug-likeness (QED) is 0.605. The second-order valence-electron chi connectivity index (χ2n) is 5.03. The number of pyridine rings is 1. The molecule has 1 atom stereocenters. The molecule has 6 heteroatoms. The molecule has 106 valence electrons. The lowest BCUT2D eigenvalue weighted by atomic mass is 10.0. The van der Waals surface area contributed by atoms with E-state index in [0.29, 0.717) is 23.4 Å². The third kappa shape index (κ3) is 3.71. The summed E-state index contributed by atoms with van der Waals surface area (Å²) in [6.45, 7) is 7.84. The number of hydrogen-bond donors (Lipinski definition) is 2. The van der Waals surface area contributed by atoms with Gasteiger partial charge in [0.1, 0.15) is 0 Å². The van der Waals surface area contributed by atoms with E-state index in [-0.39, 0.29) is 29.2 Å². The van der Waals surface area contributed by atoms with E-state index < -0.39 is 0 Å². The van der Waals surface area contributed by atoms with E-state index in [2.05, 4.69) is 10.3 Å². The first-order chi connectivity index (χ1) is 8.88. The molecule has 0 radical (unpaired) electrons. The van der Waals surface area contributed by atoms with Gasteiger partial charge in [-0.25, -0.2) is 0 Å². The van der Waals surface area contributed by atoms with Crippen LogP contribution in [0.3, 0.4) is 0 Å². The zero-order valence-electron chi connectivity index (χ0n) is 11.8. The summed E-state index contributed by atoms with van der Waals surface area (Å²) in [5.74, 6) is 0.283. The van der Waals surface area contributed by atoms with Crippen LogP contribution in [0.15, 0.2) is 6.20 Å². The van der Waals surface area contributed by atoms with E-state index in [9.17, 15) is 15.2 Å². The molecule has 0 spiro atoms. The normalized spacial score (nSPS) is 12.7. The third-order valence-corrected chi connectivity index (χ3v) is 3.29. The highest BCUT2D eigenvalue weighted by Gasteiger charge is 2.19. The zero-order valence-corrected chi connectivity index (χ0v) is 11.8. The average molecular weight is 267 g/mol. The number of aryl methyl sites for hydroxylation is 1. The first kappa shape index (κ1) is 15.5. The van der Waals surface area contributed by atoms with Crippen LogP contribution in [-0.4, -0.2) is 27.7 Å². The molecule has 0 aliphatic carbocycles. The minimum atomic E-state index is -0.373. The van der Waals surface area contributed by atoms with Gasteiger partial charge in [0, 0.05) is 29.9 Å². The summed E-state index contributed by atoms with van der Waals surface area (Å²) in [4.78, 5) is 14.9. The molecule has 0 aliphatic heterocycles. The van der Waals surface area contributed by atoms with Gasteiger partial charge in [0.2, 0.25) is 0 Å². The summed E-state index contributed by atoms with van der Waals surface area (Å²) in [5, 5.41) is 23.4. The van der Waals surface area contributed by atoms with Crippen LogP contribution >= 0.6 is 0 Å². The smallest absolute Gasteiger partial charge is 0.278 e. The van der Waals surface area contributed by atoms with Gasteiger partial charge in [-0.1, -0.05) is 13.8 Å². The third-order valence-electron chi connectivity index (χ3n) is 3.29. The van der Waals surface area contributed by atoms with Gasteiger partial charge in [0.05, 0.1) is 17.2 Å². The van der Waals surface area contributed by atoms with E-state index in [1.54, 1.807) is 13.8 Å². The molecular formula is C13H21N3O3. The fraction of sp³-hybridized carbons (Fsp3) is 0.615. The minimum absolute atomic E-state index is 0.0324. The molecule has 0 aliphatic rings. The molecule has 0 saturated carbocycles. The maximum absolute atomic E-state index is 11.0.